The molecule has 2 aliphatic rings. The van der Waals surface area contributed by atoms with E-state index in [4.69, 9.17) is 15.2 Å². The first kappa shape index (κ1) is 20.5. The van der Waals surface area contributed by atoms with Crippen molar-refractivity contribution in [3.05, 3.63) is 43.9 Å². The number of halogens is 1. The summed E-state index contributed by atoms with van der Waals surface area (Å²) in [6.45, 7) is 4.84. The molecule has 28 heavy (non-hydrogen) atoms. The summed E-state index contributed by atoms with van der Waals surface area (Å²) in [5, 5.41) is 9.86. The number of Topliss-reactive ketones (excluding diaryl/α,β-unsaturated/α-hetero) is 1. The monoisotopic (exact) mass is 493 g/mol. The van der Waals surface area contributed by atoms with Crippen molar-refractivity contribution in [2.75, 3.05) is 20.3 Å². The van der Waals surface area contributed by atoms with E-state index in [1.807, 2.05) is 33.0 Å². The average molecular weight is 493 g/mol. The van der Waals surface area contributed by atoms with Crippen LogP contribution < -0.4 is 15.2 Å². The Morgan fingerprint density at radius 2 is 2.00 bits per heavy atom. The van der Waals surface area contributed by atoms with Gasteiger partial charge in [0.05, 0.1) is 34.3 Å². The number of nitrogens with two attached hydrogens (primary N) is 1. The Labute approximate surface area is 179 Å². The number of allylic oxidation sites excluding steroid dienone is 3. The highest BCUT2D eigenvalue weighted by Crippen LogP contribution is 2.46. The maximum atomic E-state index is 12.9. The number of hydrogen-bond donors (Lipinski definition) is 1. The molecule has 6 nitrogen and oxygen atoms in total. The van der Waals surface area contributed by atoms with E-state index in [2.05, 4.69) is 28.7 Å². The van der Waals surface area contributed by atoms with Crippen molar-refractivity contribution in [2.24, 2.45) is 5.73 Å². The number of hydrogen-bond acceptors (Lipinski definition) is 6. The van der Waals surface area contributed by atoms with E-state index in [1.54, 1.807) is 4.90 Å². The fraction of sp³-hybridized carbons (Fsp3) is 0.429. The van der Waals surface area contributed by atoms with E-state index in [0.29, 0.717) is 48.1 Å². The van der Waals surface area contributed by atoms with Gasteiger partial charge in [0, 0.05) is 24.7 Å². The topological polar surface area (TPSA) is 88.6 Å². The molecule has 1 aliphatic carbocycles. The van der Waals surface area contributed by atoms with E-state index in [9.17, 15) is 10.1 Å². The van der Waals surface area contributed by atoms with Gasteiger partial charge in [-0.3, -0.25) is 4.79 Å². The number of carbonyl (C=O) groups is 1. The normalized spacial score (nSPS) is 19.5. The molecular weight excluding hydrogens is 469 g/mol. The standard InChI is InChI=1S/C21H24IN3O3/c1-4-27-17-10-12(9-14(22)20(17)28-5-2)18-13(11-23)21(24)25(3)15-7-6-8-16(26)19(15)18/h9-10,18H,4-8,24H2,1-3H3/t18-/m0/s1. The third-order valence-corrected chi connectivity index (χ3v) is 5.92. The van der Waals surface area contributed by atoms with Crippen LogP contribution in [0.3, 0.4) is 0 Å². The largest absolute Gasteiger partial charge is 0.490 e. The van der Waals surface area contributed by atoms with Crippen molar-refractivity contribution in [2.45, 2.75) is 39.0 Å². The summed E-state index contributed by atoms with van der Waals surface area (Å²) < 4.78 is 12.4. The number of ether oxygens (including phenoxy) is 2. The van der Waals surface area contributed by atoms with Crippen LogP contribution in [0.5, 0.6) is 11.5 Å². The van der Waals surface area contributed by atoms with Gasteiger partial charge in [-0.1, -0.05) is 0 Å². The van der Waals surface area contributed by atoms with E-state index >= 15 is 0 Å². The molecule has 0 bridgehead atoms. The van der Waals surface area contributed by atoms with E-state index in [-0.39, 0.29) is 5.78 Å². The SMILES string of the molecule is CCOc1cc([C@H]2C(C#N)=C(N)N(C)C3=C2C(=O)CCC3)cc(I)c1OCC. The van der Waals surface area contributed by atoms with Gasteiger partial charge in [-0.15, -0.1) is 0 Å². The zero-order valence-corrected chi connectivity index (χ0v) is 18.5. The van der Waals surface area contributed by atoms with Crippen molar-refractivity contribution in [1.29, 1.82) is 5.26 Å². The van der Waals surface area contributed by atoms with Crippen LogP contribution in [0.25, 0.3) is 0 Å². The van der Waals surface area contributed by atoms with E-state index in [1.165, 1.54) is 0 Å². The molecule has 0 amide bonds. The molecule has 1 aromatic rings. The van der Waals surface area contributed by atoms with Crippen LogP contribution >= 0.6 is 22.6 Å². The molecule has 0 fully saturated rings. The molecule has 0 saturated heterocycles. The Kier molecular flexibility index (Phi) is 6.18. The second-order valence-corrected chi connectivity index (χ2v) is 7.90. The number of rotatable bonds is 5. The number of carbonyl (C=O) groups excluding carboxylic acids is 1. The Balaban J connectivity index is 2.23. The Morgan fingerprint density at radius 3 is 2.64 bits per heavy atom. The third kappa shape index (κ3) is 3.46. The molecule has 1 atom stereocenters. The molecule has 0 spiro atoms. The van der Waals surface area contributed by atoms with Crippen molar-refractivity contribution in [3.63, 3.8) is 0 Å². The average Bonchev–Trinajstić information content (AvgIpc) is 2.67. The summed E-state index contributed by atoms with van der Waals surface area (Å²) in [5.41, 5.74) is 9.13. The minimum Gasteiger partial charge on any atom is -0.490 e. The third-order valence-electron chi connectivity index (χ3n) is 5.12. The number of nitrogens with zero attached hydrogens (tertiary/aromatic N) is 2. The van der Waals surface area contributed by atoms with Crippen LogP contribution in [0, 0.1) is 14.9 Å². The Bertz CT molecular complexity index is 914. The predicted octanol–water partition coefficient (Wildman–Crippen LogP) is 3.82. The molecule has 1 aliphatic heterocycles. The summed E-state index contributed by atoms with van der Waals surface area (Å²) in [4.78, 5) is 14.7. The van der Waals surface area contributed by atoms with Crippen LogP contribution in [0.1, 0.15) is 44.6 Å². The summed E-state index contributed by atoms with van der Waals surface area (Å²) in [7, 11) is 1.82. The first-order valence-electron chi connectivity index (χ1n) is 9.43. The van der Waals surface area contributed by atoms with Gasteiger partial charge in [-0.05, 0) is 67.0 Å². The predicted molar refractivity (Wildman–Crippen MR) is 115 cm³/mol. The minimum atomic E-state index is -0.479. The zero-order chi connectivity index (χ0) is 20.4. The lowest BCUT2D eigenvalue weighted by Gasteiger charge is -2.37. The van der Waals surface area contributed by atoms with E-state index < -0.39 is 5.92 Å². The van der Waals surface area contributed by atoms with Gasteiger partial charge in [0.15, 0.2) is 17.3 Å². The highest BCUT2D eigenvalue weighted by molar-refractivity contribution is 14.1. The maximum absolute atomic E-state index is 12.9. The van der Waals surface area contributed by atoms with Gasteiger partial charge in [0.25, 0.3) is 0 Å². The molecule has 2 N–H and O–H groups in total. The van der Waals surface area contributed by atoms with Crippen LogP contribution in [0.4, 0.5) is 0 Å². The van der Waals surface area contributed by atoms with Crippen LogP contribution in [0.15, 0.2) is 34.8 Å². The minimum absolute atomic E-state index is 0.0835. The highest BCUT2D eigenvalue weighted by atomic mass is 127. The summed E-state index contributed by atoms with van der Waals surface area (Å²) in [5.74, 6) is 1.31. The number of nitriles is 1. The van der Waals surface area contributed by atoms with Gasteiger partial charge >= 0.3 is 0 Å². The van der Waals surface area contributed by atoms with Crippen molar-refractivity contribution in [3.8, 4) is 17.6 Å². The quantitative estimate of drug-likeness (QED) is 0.628. The highest BCUT2D eigenvalue weighted by Gasteiger charge is 2.39. The summed E-state index contributed by atoms with van der Waals surface area (Å²) >= 11 is 2.21. The number of benzene rings is 1. The summed E-state index contributed by atoms with van der Waals surface area (Å²) in [6.07, 6.45) is 2.07. The first-order chi connectivity index (χ1) is 13.4. The van der Waals surface area contributed by atoms with E-state index in [0.717, 1.165) is 27.7 Å². The molecule has 1 aromatic carbocycles. The molecular formula is C21H24IN3O3. The maximum Gasteiger partial charge on any atom is 0.174 e. The van der Waals surface area contributed by atoms with Gasteiger partial charge < -0.3 is 20.1 Å². The zero-order valence-electron chi connectivity index (χ0n) is 16.3. The Morgan fingerprint density at radius 1 is 1.29 bits per heavy atom. The summed E-state index contributed by atoms with van der Waals surface area (Å²) in [6, 6.07) is 6.09. The van der Waals surface area contributed by atoms with Crippen molar-refractivity contribution < 1.29 is 14.3 Å². The van der Waals surface area contributed by atoms with Crippen molar-refractivity contribution >= 4 is 28.4 Å². The van der Waals surface area contributed by atoms with Gasteiger partial charge in [-0.2, -0.15) is 5.26 Å². The first-order valence-corrected chi connectivity index (χ1v) is 10.5. The lowest BCUT2D eigenvalue weighted by Crippen LogP contribution is -2.36. The van der Waals surface area contributed by atoms with Gasteiger partial charge in [0.2, 0.25) is 0 Å². The molecule has 7 heteroatoms. The molecule has 1 heterocycles. The second kappa shape index (κ2) is 8.43. The molecule has 148 valence electrons. The molecule has 0 radical (unpaired) electrons. The lowest BCUT2D eigenvalue weighted by atomic mass is 9.76. The molecule has 0 saturated carbocycles. The lowest BCUT2D eigenvalue weighted by molar-refractivity contribution is -0.116. The second-order valence-electron chi connectivity index (χ2n) is 6.74. The van der Waals surface area contributed by atoms with Crippen LogP contribution in [-0.2, 0) is 4.79 Å². The molecule has 3 rings (SSSR count). The van der Waals surface area contributed by atoms with Gasteiger partial charge in [0.1, 0.15) is 5.82 Å². The molecule has 0 unspecified atom stereocenters. The Hall–Kier alpha value is -2.21. The fourth-order valence-corrected chi connectivity index (χ4v) is 4.68. The molecule has 0 aromatic heterocycles. The van der Waals surface area contributed by atoms with Gasteiger partial charge in [-0.25, -0.2) is 0 Å². The fourth-order valence-electron chi connectivity index (χ4n) is 3.90. The smallest absolute Gasteiger partial charge is 0.174 e. The number of ketones is 1. The van der Waals surface area contributed by atoms with Crippen molar-refractivity contribution in [1.82, 2.24) is 4.90 Å². The van der Waals surface area contributed by atoms with Crippen LogP contribution in [-0.4, -0.2) is 30.9 Å². The van der Waals surface area contributed by atoms with Crippen LogP contribution in [0.2, 0.25) is 0 Å².